The number of carbonyl (C=O) groups is 2. The van der Waals surface area contributed by atoms with Crippen molar-refractivity contribution in [3.63, 3.8) is 0 Å². The van der Waals surface area contributed by atoms with E-state index in [1.165, 1.54) is 32.4 Å². The maximum Gasteiger partial charge on any atom is 0.408 e. The van der Waals surface area contributed by atoms with Crippen LogP contribution in [0.3, 0.4) is 0 Å². The molecule has 1 amide bonds. The van der Waals surface area contributed by atoms with Crippen molar-refractivity contribution in [1.82, 2.24) is 5.32 Å². The summed E-state index contributed by atoms with van der Waals surface area (Å²) in [6.45, 7) is 5.11. The van der Waals surface area contributed by atoms with Crippen LogP contribution in [0.5, 0.6) is 5.75 Å². The molecule has 1 rings (SSSR count). The molecule has 0 radical (unpaired) electrons. The van der Waals surface area contributed by atoms with E-state index in [0.29, 0.717) is 11.3 Å². The number of hydrogen-bond donors (Lipinski definition) is 1. The van der Waals surface area contributed by atoms with E-state index in [-0.39, 0.29) is 6.42 Å². The number of carbonyl (C=O) groups excluding carboxylic acids is 2. The smallest absolute Gasteiger partial charge is 0.408 e. The molecule has 1 atom stereocenters. The summed E-state index contributed by atoms with van der Waals surface area (Å²) >= 11 is 0. The molecule has 0 saturated heterocycles. The fourth-order valence-electron chi connectivity index (χ4n) is 1.91. The molecule has 0 aliphatic carbocycles. The van der Waals surface area contributed by atoms with Crippen molar-refractivity contribution in [3.8, 4) is 5.75 Å². The number of nitrogens with one attached hydrogen (secondary N) is 1. The number of methoxy groups -OCH3 is 2. The van der Waals surface area contributed by atoms with Gasteiger partial charge in [-0.1, -0.05) is 0 Å². The first-order chi connectivity index (χ1) is 10.7. The Morgan fingerprint density at radius 2 is 1.91 bits per heavy atom. The lowest BCUT2D eigenvalue weighted by Crippen LogP contribution is -2.45. The Balaban J connectivity index is 2.94. The van der Waals surface area contributed by atoms with Gasteiger partial charge in [0, 0.05) is 6.42 Å². The van der Waals surface area contributed by atoms with Gasteiger partial charge < -0.3 is 19.5 Å². The zero-order valence-electron chi connectivity index (χ0n) is 13.9. The number of halogens is 1. The predicted molar refractivity (Wildman–Crippen MR) is 81.8 cm³/mol. The molecule has 0 bridgehead atoms. The summed E-state index contributed by atoms with van der Waals surface area (Å²) < 4.78 is 28.3. The molecular weight excluding hydrogens is 304 g/mol. The van der Waals surface area contributed by atoms with Crippen LogP contribution in [0.2, 0.25) is 0 Å². The van der Waals surface area contributed by atoms with Gasteiger partial charge in [0.2, 0.25) is 0 Å². The molecule has 0 aliphatic heterocycles. The summed E-state index contributed by atoms with van der Waals surface area (Å²) in [6, 6.07) is 2.92. The highest BCUT2D eigenvalue weighted by Crippen LogP contribution is 2.21. The van der Waals surface area contributed by atoms with Gasteiger partial charge in [0.15, 0.2) is 0 Å². The molecule has 1 unspecified atom stereocenters. The van der Waals surface area contributed by atoms with Gasteiger partial charge in [-0.25, -0.2) is 14.0 Å². The Morgan fingerprint density at radius 3 is 2.43 bits per heavy atom. The summed E-state index contributed by atoms with van der Waals surface area (Å²) in [6.07, 6.45) is -0.754. The second kappa shape index (κ2) is 7.80. The van der Waals surface area contributed by atoms with Gasteiger partial charge >= 0.3 is 12.1 Å². The Kier molecular flexibility index (Phi) is 6.36. The van der Waals surface area contributed by atoms with Crippen molar-refractivity contribution < 1.29 is 28.2 Å². The quantitative estimate of drug-likeness (QED) is 0.841. The normalized spacial score (nSPS) is 12.3. The van der Waals surface area contributed by atoms with Gasteiger partial charge in [0.25, 0.3) is 0 Å². The third-order valence-corrected chi connectivity index (χ3v) is 2.84. The van der Waals surface area contributed by atoms with E-state index in [0.717, 1.165) is 0 Å². The standard InChI is InChI=1S/C16H22FNO5/c1-16(2,3)23-15(20)18-12(14(19)22-5)9-10-8-11(17)6-7-13(10)21-4/h6-8,12H,9H2,1-5H3,(H,18,20)/i17-1. The predicted octanol–water partition coefficient (Wildman–Crippen LogP) is 2.44. The van der Waals surface area contributed by atoms with Crippen molar-refractivity contribution in [2.75, 3.05) is 14.2 Å². The van der Waals surface area contributed by atoms with E-state index in [1.807, 2.05) is 0 Å². The van der Waals surface area contributed by atoms with E-state index in [2.05, 4.69) is 10.1 Å². The van der Waals surface area contributed by atoms with Crippen LogP contribution in [0.25, 0.3) is 0 Å². The lowest BCUT2D eigenvalue weighted by Gasteiger charge is -2.23. The number of hydrogen-bond acceptors (Lipinski definition) is 5. The molecule has 6 nitrogen and oxygen atoms in total. The van der Waals surface area contributed by atoms with Crippen LogP contribution in [0, 0.1) is 5.82 Å². The van der Waals surface area contributed by atoms with E-state index in [4.69, 9.17) is 9.47 Å². The highest BCUT2D eigenvalue weighted by Gasteiger charge is 2.26. The number of rotatable bonds is 5. The van der Waals surface area contributed by atoms with E-state index >= 15 is 0 Å². The van der Waals surface area contributed by atoms with Crippen molar-refractivity contribution in [2.24, 2.45) is 0 Å². The van der Waals surface area contributed by atoms with Crippen molar-refractivity contribution >= 4 is 12.1 Å². The zero-order chi connectivity index (χ0) is 17.6. The Morgan fingerprint density at radius 1 is 1.26 bits per heavy atom. The number of amides is 1. The topological polar surface area (TPSA) is 73.9 Å². The van der Waals surface area contributed by atoms with Crippen molar-refractivity contribution in [3.05, 3.63) is 29.6 Å². The summed E-state index contributed by atoms with van der Waals surface area (Å²) in [5, 5.41) is 2.43. The van der Waals surface area contributed by atoms with Gasteiger partial charge in [0.05, 0.1) is 14.2 Å². The van der Waals surface area contributed by atoms with Gasteiger partial charge in [-0.3, -0.25) is 0 Å². The Hall–Kier alpha value is -2.31. The fraction of sp³-hybridized carbons (Fsp3) is 0.500. The van der Waals surface area contributed by atoms with Crippen molar-refractivity contribution in [1.29, 1.82) is 0 Å². The highest BCUT2D eigenvalue weighted by atomic mass is 18.2. The molecule has 128 valence electrons. The number of esters is 1. The summed E-state index contributed by atoms with van der Waals surface area (Å²) in [5.41, 5.74) is -0.277. The van der Waals surface area contributed by atoms with Gasteiger partial charge in [-0.2, -0.15) is 0 Å². The molecule has 1 aromatic carbocycles. The molecular formula is C16H22FNO5. The summed E-state index contributed by atoms with van der Waals surface area (Å²) in [5.74, 6) is -0.727. The fourth-order valence-corrected chi connectivity index (χ4v) is 1.91. The summed E-state index contributed by atoms with van der Waals surface area (Å²) in [4.78, 5) is 23.7. The SMILES string of the molecule is COC(=O)C(Cc1cc([18F])ccc1OC)NC(=O)OC(C)(C)C. The van der Waals surface area contributed by atoms with Crippen LogP contribution >= 0.6 is 0 Å². The average Bonchev–Trinajstić information content (AvgIpc) is 2.44. The second-order valence-electron chi connectivity index (χ2n) is 5.88. The first-order valence-corrected chi connectivity index (χ1v) is 7.06. The van der Waals surface area contributed by atoms with Crippen LogP contribution in [-0.4, -0.2) is 37.9 Å². The number of alkyl carbamates (subject to hydrolysis) is 1. The highest BCUT2D eigenvalue weighted by molar-refractivity contribution is 5.81. The first-order valence-electron chi connectivity index (χ1n) is 7.06. The molecule has 0 heterocycles. The molecule has 0 aromatic heterocycles. The Bertz CT molecular complexity index is 568. The van der Waals surface area contributed by atoms with Crippen LogP contribution in [0.15, 0.2) is 18.2 Å². The summed E-state index contributed by atoms with van der Waals surface area (Å²) in [7, 11) is 2.64. The molecule has 23 heavy (non-hydrogen) atoms. The van der Waals surface area contributed by atoms with E-state index in [9.17, 15) is 14.0 Å². The zero-order valence-corrected chi connectivity index (χ0v) is 13.9. The molecule has 0 aliphatic rings. The second-order valence-corrected chi connectivity index (χ2v) is 5.88. The Labute approximate surface area is 134 Å². The largest absolute Gasteiger partial charge is 0.496 e. The number of ether oxygens (including phenoxy) is 3. The van der Waals surface area contributed by atoms with E-state index < -0.39 is 29.5 Å². The average molecular weight is 326 g/mol. The van der Waals surface area contributed by atoms with Gasteiger partial charge in [-0.15, -0.1) is 0 Å². The van der Waals surface area contributed by atoms with E-state index in [1.54, 1.807) is 20.8 Å². The molecule has 0 spiro atoms. The lowest BCUT2D eigenvalue weighted by molar-refractivity contribution is -0.143. The molecule has 0 saturated carbocycles. The van der Waals surface area contributed by atoms with Crippen LogP contribution in [-0.2, 0) is 20.7 Å². The van der Waals surface area contributed by atoms with Crippen LogP contribution in [0.4, 0.5) is 9.18 Å². The molecule has 0 fully saturated rings. The van der Waals surface area contributed by atoms with Crippen LogP contribution < -0.4 is 10.1 Å². The maximum absolute atomic E-state index is 13.4. The van der Waals surface area contributed by atoms with Crippen LogP contribution in [0.1, 0.15) is 26.3 Å². The first kappa shape index (κ1) is 18.7. The maximum atomic E-state index is 13.4. The monoisotopic (exact) mass is 326 g/mol. The minimum atomic E-state index is -1.02. The van der Waals surface area contributed by atoms with Gasteiger partial charge in [0.1, 0.15) is 23.2 Å². The third kappa shape index (κ3) is 6.14. The third-order valence-electron chi connectivity index (χ3n) is 2.84. The molecule has 7 heteroatoms. The molecule has 1 N–H and O–H groups in total. The molecule has 1 aromatic rings. The minimum absolute atomic E-state index is 0.00680. The van der Waals surface area contributed by atoms with Crippen molar-refractivity contribution in [2.45, 2.75) is 38.8 Å². The minimum Gasteiger partial charge on any atom is -0.496 e. The van der Waals surface area contributed by atoms with Gasteiger partial charge in [-0.05, 0) is 44.5 Å². The lowest BCUT2D eigenvalue weighted by atomic mass is 10.0. The number of benzene rings is 1.